The standard InChI is InChI=1S/C19H26FN5.HI/c1-21-19(23-11-9-17-6-4-5-10-22-17)24-13-15-7-8-18(20)16(12-15)14-25(2)3;/h4-8,10,12H,9,11,13-14H2,1-3H3,(H2,21,23,24);1H. The van der Waals surface area contributed by atoms with Crippen molar-refractivity contribution >= 4 is 29.9 Å². The van der Waals surface area contributed by atoms with Crippen molar-refractivity contribution < 1.29 is 4.39 Å². The maximum atomic E-state index is 13.8. The summed E-state index contributed by atoms with van der Waals surface area (Å²) in [7, 11) is 5.59. The Kier molecular flexibility index (Phi) is 10.1. The van der Waals surface area contributed by atoms with Crippen molar-refractivity contribution in [1.29, 1.82) is 0 Å². The van der Waals surface area contributed by atoms with Gasteiger partial charge < -0.3 is 15.5 Å². The zero-order chi connectivity index (χ0) is 18.1. The van der Waals surface area contributed by atoms with Crippen molar-refractivity contribution in [3.8, 4) is 0 Å². The minimum atomic E-state index is -0.171. The second kappa shape index (κ2) is 11.8. The molecule has 1 heterocycles. The molecule has 0 radical (unpaired) electrons. The van der Waals surface area contributed by atoms with Crippen LogP contribution < -0.4 is 10.6 Å². The van der Waals surface area contributed by atoms with Crippen LogP contribution in [0.5, 0.6) is 0 Å². The van der Waals surface area contributed by atoms with Gasteiger partial charge in [-0.1, -0.05) is 12.1 Å². The molecule has 0 atom stereocenters. The highest BCUT2D eigenvalue weighted by Gasteiger charge is 2.06. The number of hydrogen-bond acceptors (Lipinski definition) is 3. The maximum Gasteiger partial charge on any atom is 0.191 e. The van der Waals surface area contributed by atoms with E-state index in [1.54, 1.807) is 19.3 Å². The zero-order valence-corrected chi connectivity index (χ0v) is 17.8. The predicted molar refractivity (Wildman–Crippen MR) is 115 cm³/mol. The smallest absolute Gasteiger partial charge is 0.191 e. The van der Waals surface area contributed by atoms with Crippen LogP contribution in [0.1, 0.15) is 16.8 Å². The molecule has 0 bridgehead atoms. The van der Waals surface area contributed by atoms with Gasteiger partial charge in [-0.15, -0.1) is 24.0 Å². The van der Waals surface area contributed by atoms with Crippen LogP contribution in [0.15, 0.2) is 47.6 Å². The second-order valence-corrected chi connectivity index (χ2v) is 6.09. The molecule has 0 unspecified atom stereocenters. The van der Waals surface area contributed by atoms with Crippen molar-refractivity contribution in [3.63, 3.8) is 0 Å². The molecule has 5 nitrogen and oxygen atoms in total. The first-order chi connectivity index (χ1) is 12.1. The molecule has 0 fully saturated rings. The van der Waals surface area contributed by atoms with E-state index >= 15 is 0 Å². The molecule has 2 rings (SSSR count). The van der Waals surface area contributed by atoms with Gasteiger partial charge in [-0.2, -0.15) is 0 Å². The first-order valence-electron chi connectivity index (χ1n) is 8.35. The number of aliphatic imine (C=N–C) groups is 1. The predicted octanol–water partition coefficient (Wildman–Crippen LogP) is 2.81. The summed E-state index contributed by atoms with van der Waals surface area (Å²) in [6, 6.07) is 11.1. The average molecular weight is 471 g/mol. The molecule has 1 aromatic heterocycles. The summed E-state index contributed by atoms with van der Waals surface area (Å²) in [4.78, 5) is 10.5. The fourth-order valence-electron chi connectivity index (χ4n) is 2.46. The van der Waals surface area contributed by atoms with Gasteiger partial charge in [-0.3, -0.25) is 9.98 Å². The summed E-state index contributed by atoms with van der Waals surface area (Å²) in [5.74, 6) is 0.546. The number of benzene rings is 1. The number of rotatable bonds is 7. The summed E-state index contributed by atoms with van der Waals surface area (Å²) >= 11 is 0. The Morgan fingerprint density at radius 3 is 2.65 bits per heavy atom. The summed E-state index contributed by atoms with van der Waals surface area (Å²) < 4.78 is 13.8. The highest BCUT2D eigenvalue weighted by Crippen LogP contribution is 2.12. The Morgan fingerprint density at radius 2 is 2.00 bits per heavy atom. The Labute approximate surface area is 172 Å². The Hall–Kier alpha value is -1.74. The summed E-state index contributed by atoms with van der Waals surface area (Å²) in [6.07, 6.45) is 2.62. The number of aromatic nitrogens is 1. The van der Waals surface area contributed by atoms with Crippen LogP contribution in [0.25, 0.3) is 0 Å². The van der Waals surface area contributed by atoms with Gasteiger partial charge in [-0.25, -0.2) is 4.39 Å². The molecular weight excluding hydrogens is 444 g/mol. The first kappa shape index (κ1) is 22.3. The Bertz CT molecular complexity index is 692. The molecule has 26 heavy (non-hydrogen) atoms. The van der Waals surface area contributed by atoms with Gasteiger partial charge in [-0.05, 0) is 43.9 Å². The number of hydrogen-bond donors (Lipinski definition) is 2. The lowest BCUT2D eigenvalue weighted by Crippen LogP contribution is -2.38. The van der Waals surface area contributed by atoms with Crippen LogP contribution in [0.4, 0.5) is 4.39 Å². The largest absolute Gasteiger partial charge is 0.356 e. The van der Waals surface area contributed by atoms with Crippen LogP contribution in [0.2, 0.25) is 0 Å². The monoisotopic (exact) mass is 471 g/mol. The molecule has 0 aliphatic heterocycles. The third kappa shape index (κ3) is 7.65. The van der Waals surface area contributed by atoms with Crippen molar-refractivity contribution in [3.05, 3.63) is 65.2 Å². The van der Waals surface area contributed by atoms with E-state index in [1.165, 1.54) is 6.07 Å². The summed E-state index contributed by atoms with van der Waals surface area (Å²) in [6.45, 7) is 1.91. The highest BCUT2D eigenvalue weighted by molar-refractivity contribution is 14.0. The molecule has 2 N–H and O–H groups in total. The van der Waals surface area contributed by atoms with Gasteiger partial charge in [0.1, 0.15) is 5.82 Å². The summed E-state index contributed by atoms with van der Waals surface area (Å²) in [5, 5.41) is 6.52. The van der Waals surface area contributed by atoms with Crippen LogP contribution in [-0.4, -0.2) is 43.5 Å². The second-order valence-electron chi connectivity index (χ2n) is 6.09. The lowest BCUT2D eigenvalue weighted by molar-refractivity contribution is 0.392. The third-order valence-electron chi connectivity index (χ3n) is 3.68. The van der Waals surface area contributed by atoms with Crippen molar-refractivity contribution in [1.82, 2.24) is 20.5 Å². The molecule has 0 amide bonds. The minimum absolute atomic E-state index is 0. The number of guanidine groups is 1. The van der Waals surface area contributed by atoms with Crippen LogP contribution in [0.3, 0.4) is 0 Å². The van der Waals surface area contributed by atoms with Crippen LogP contribution >= 0.6 is 24.0 Å². The molecule has 142 valence electrons. The lowest BCUT2D eigenvalue weighted by Gasteiger charge is -2.14. The maximum absolute atomic E-state index is 13.8. The van der Waals surface area contributed by atoms with E-state index < -0.39 is 0 Å². The Balaban J connectivity index is 0.00000338. The lowest BCUT2D eigenvalue weighted by atomic mass is 10.1. The van der Waals surface area contributed by atoms with Gasteiger partial charge in [0.25, 0.3) is 0 Å². The SMILES string of the molecule is CN=C(NCCc1ccccn1)NCc1ccc(F)c(CN(C)C)c1.I. The van der Waals surface area contributed by atoms with E-state index in [0.717, 1.165) is 30.2 Å². The normalized spacial score (nSPS) is 11.2. The van der Waals surface area contributed by atoms with E-state index in [1.807, 2.05) is 43.3 Å². The van der Waals surface area contributed by atoms with Gasteiger partial charge >= 0.3 is 0 Å². The number of pyridine rings is 1. The Morgan fingerprint density at radius 1 is 1.19 bits per heavy atom. The number of nitrogens with zero attached hydrogens (tertiary/aromatic N) is 3. The van der Waals surface area contributed by atoms with Crippen molar-refractivity contribution in [2.45, 2.75) is 19.5 Å². The van der Waals surface area contributed by atoms with E-state index in [9.17, 15) is 4.39 Å². The first-order valence-corrected chi connectivity index (χ1v) is 8.35. The van der Waals surface area contributed by atoms with Gasteiger partial charge in [0, 0.05) is 50.6 Å². The number of nitrogens with one attached hydrogen (secondary N) is 2. The van der Waals surface area contributed by atoms with Gasteiger partial charge in [0.2, 0.25) is 0 Å². The molecule has 0 aliphatic carbocycles. The highest BCUT2D eigenvalue weighted by atomic mass is 127. The molecule has 0 aliphatic rings. The number of halogens is 2. The third-order valence-corrected chi connectivity index (χ3v) is 3.68. The molecular formula is C19H27FIN5. The fraction of sp³-hybridized carbons (Fsp3) is 0.368. The molecule has 2 aromatic rings. The van der Waals surface area contributed by atoms with Gasteiger partial charge in [0.15, 0.2) is 5.96 Å². The van der Waals surface area contributed by atoms with E-state index in [4.69, 9.17) is 0 Å². The summed E-state index contributed by atoms with van der Waals surface area (Å²) in [5.41, 5.74) is 2.76. The van der Waals surface area contributed by atoms with E-state index in [-0.39, 0.29) is 29.8 Å². The van der Waals surface area contributed by atoms with E-state index in [2.05, 4.69) is 20.6 Å². The van der Waals surface area contributed by atoms with Crippen LogP contribution in [-0.2, 0) is 19.5 Å². The zero-order valence-electron chi connectivity index (χ0n) is 15.5. The topological polar surface area (TPSA) is 52.6 Å². The molecule has 0 spiro atoms. The molecule has 0 saturated heterocycles. The van der Waals surface area contributed by atoms with Gasteiger partial charge in [0.05, 0.1) is 0 Å². The van der Waals surface area contributed by atoms with Crippen molar-refractivity contribution in [2.75, 3.05) is 27.7 Å². The quantitative estimate of drug-likeness (QED) is 0.371. The molecule has 7 heteroatoms. The van der Waals surface area contributed by atoms with E-state index in [0.29, 0.717) is 18.7 Å². The molecule has 1 aromatic carbocycles. The minimum Gasteiger partial charge on any atom is -0.356 e. The fourth-order valence-corrected chi connectivity index (χ4v) is 2.46. The molecule has 0 saturated carbocycles. The average Bonchev–Trinajstić information content (AvgIpc) is 2.61. The van der Waals surface area contributed by atoms with Crippen molar-refractivity contribution in [2.24, 2.45) is 4.99 Å². The van der Waals surface area contributed by atoms with Crippen LogP contribution in [0, 0.1) is 5.82 Å².